The molecule has 2 bridgehead atoms. The summed E-state index contributed by atoms with van der Waals surface area (Å²) in [6.07, 6.45) is 7.83. The number of furan rings is 1. The minimum Gasteiger partial charge on any atom is -0.465 e. The lowest BCUT2D eigenvalue weighted by molar-refractivity contribution is -0.118. The van der Waals surface area contributed by atoms with Crippen LogP contribution in [-0.2, 0) is 4.79 Å². The molecular weight excluding hydrogens is 340 g/mol. The van der Waals surface area contributed by atoms with Crippen LogP contribution in [-0.4, -0.2) is 17.9 Å². The number of carbonyl (C=O) groups is 2. The van der Waals surface area contributed by atoms with Crippen molar-refractivity contribution in [3.63, 3.8) is 0 Å². The van der Waals surface area contributed by atoms with E-state index in [0.29, 0.717) is 17.2 Å². The van der Waals surface area contributed by atoms with Gasteiger partial charge >= 0.3 is 0 Å². The van der Waals surface area contributed by atoms with E-state index in [4.69, 9.17) is 4.42 Å². The lowest BCUT2D eigenvalue weighted by Crippen LogP contribution is -2.42. The van der Waals surface area contributed by atoms with Crippen molar-refractivity contribution in [1.29, 1.82) is 0 Å². The molecule has 2 saturated carbocycles. The molecule has 4 rings (SSSR count). The van der Waals surface area contributed by atoms with Gasteiger partial charge in [-0.1, -0.05) is 24.6 Å². The molecule has 140 valence electrons. The highest BCUT2D eigenvalue weighted by molar-refractivity contribution is 6.05. The lowest BCUT2D eigenvalue weighted by Gasteiger charge is -2.23. The SMILES string of the molecule is Cc1ccccc1C(=O)N/C(=C\c1ccco1)C(=O)N[C@H]1C[C@@H]2CC[C@@H]1C2. The molecular formula is C22H24N2O3. The molecule has 5 nitrogen and oxygen atoms in total. The Hall–Kier alpha value is -2.82. The Bertz CT molecular complexity index is 869. The monoisotopic (exact) mass is 364 g/mol. The molecule has 2 amide bonds. The summed E-state index contributed by atoms with van der Waals surface area (Å²) in [5.74, 6) is 1.27. The Morgan fingerprint density at radius 1 is 1.11 bits per heavy atom. The van der Waals surface area contributed by atoms with E-state index in [9.17, 15) is 9.59 Å². The molecule has 2 N–H and O–H groups in total. The molecule has 2 aliphatic rings. The van der Waals surface area contributed by atoms with E-state index in [0.717, 1.165) is 17.9 Å². The molecule has 5 heteroatoms. The number of rotatable bonds is 5. The molecule has 2 fully saturated rings. The highest BCUT2D eigenvalue weighted by Gasteiger charge is 2.40. The first-order valence-electron chi connectivity index (χ1n) is 9.53. The summed E-state index contributed by atoms with van der Waals surface area (Å²) in [5.41, 5.74) is 1.62. The molecule has 1 aromatic carbocycles. The average Bonchev–Trinajstić information content (AvgIpc) is 3.39. The van der Waals surface area contributed by atoms with Crippen LogP contribution in [0.4, 0.5) is 0 Å². The largest absolute Gasteiger partial charge is 0.465 e. The van der Waals surface area contributed by atoms with Gasteiger partial charge < -0.3 is 15.1 Å². The lowest BCUT2D eigenvalue weighted by atomic mass is 9.95. The highest BCUT2D eigenvalue weighted by atomic mass is 16.3. The maximum Gasteiger partial charge on any atom is 0.268 e. The van der Waals surface area contributed by atoms with E-state index in [1.807, 2.05) is 25.1 Å². The van der Waals surface area contributed by atoms with Crippen LogP contribution in [0.15, 0.2) is 52.8 Å². The first-order chi connectivity index (χ1) is 13.1. The van der Waals surface area contributed by atoms with Crippen LogP contribution in [0.5, 0.6) is 0 Å². The number of nitrogens with one attached hydrogen (secondary N) is 2. The predicted molar refractivity (Wildman–Crippen MR) is 103 cm³/mol. The van der Waals surface area contributed by atoms with Gasteiger partial charge in [0.15, 0.2) is 0 Å². The van der Waals surface area contributed by atoms with Gasteiger partial charge in [0.25, 0.3) is 11.8 Å². The maximum absolute atomic E-state index is 12.9. The smallest absolute Gasteiger partial charge is 0.268 e. The first kappa shape index (κ1) is 17.6. The highest BCUT2D eigenvalue weighted by Crippen LogP contribution is 2.44. The van der Waals surface area contributed by atoms with Gasteiger partial charge in [0, 0.05) is 17.7 Å². The Labute approximate surface area is 158 Å². The van der Waals surface area contributed by atoms with Gasteiger partial charge in [-0.15, -0.1) is 0 Å². The van der Waals surface area contributed by atoms with Gasteiger partial charge in [-0.25, -0.2) is 0 Å². The van der Waals surface area contributed by atoms with Crippen LogP contribution in [0, 0.1) is 18.8 Å². The fourth-order valence-electron chi connectivity index (χ4n) is 4.36. The minimum atomic E-state index is -0.297. The summed E-state index contributed by atoms with van der Waals surface area (Å²) in [6, 6.07) is 11.0. The molecule has 0 radical (unpaired) electrons. The number of carbonyl (C=O) groups excluding carboxylic acids is 2. The Kier molecular flexibility index (Phi) is 4.84. The predicted octanol–water partition coefficient (Wildman–Crippen LogP) is 3.66. The summed E-state index contributed by atoms with van der Waals surface area (Å²) in [4.78, 5) is 25.6. The van der Waals surface area contributed by atoms with E-state index in [1.165, 1.54) is 19.3 Å². The number of benzene rings is 1. The standard InChI is InChI=1S/C22H24N2O3/c1-14-5-2-3-7-18(14)21(25)24-20(13-17-6-4-10-27-17)22(26)23-19-12-15-8-9-16(19)11-15/h2-7,10,13,15-16,19H,8-9,11-12H2,1H3,(H,23,26)(H,24,25)/b20-13-/t15-,16-,19+/m1/s1. The van der Waals surface area contributed by atoms with Crippen molar-refractivity contribution in [2.24, 2.45) is 11.8 Å². The van der Waals surface area contributed by atoms with E-state index in [2.05, 4.69) is 10.6 Å². The van der Waals surface area contributed by atoms with E-state index in [-0.39, 0.29) is 23.6 Å². The van der Waals surface area contributed by atoms with Crippen LogP contribution in [0.2, 0.25) is 0 Å². The molecule has 1 aromatic heterocycles. The average molecular weight is 364 g/mol. The second-order valence-electron chi connectivity index (χ2n) is 7.60. The van der Waals surface area contributed by atoms with Crippen molar-refractivity contribution >= 4 is 17.9 Å². The molecule has 0 spiro atoms. The number of fused-ring (bicyclic) bond motifs is 2. The normalized spacial score (nSPS) is 24.0. The fraction of sp³-hybridized carbons (Fsp3) is 0.364. The zero-order chi connectivity index (χ0) is 18.8. The van der Waals surface area contributed by atoms with Gasteiger partial charge in [-0.05, 0) is 61.8 Å². The van der Waals surface area contributed by atoms with Gasteiger partial charge in [0.2, 0.25) is 0 Å². The van der Waals surface area contributed by atoms with Crippen LogP contribution >= 0.6 is 0 Å². The fourth-order valence-corrected chi connectivity index (χ4v) is 4.36. The van der Waals surface area contributed by atoms with Gasteiger partial charge in [0.1, 0.15) is 11.5 Å². The zero-order valence-corrected chi connectivity index (χ0v) is 15.4. The van der Waals surface area contributed by atoms with E-state index in [1.54, 1.807) is 30.5 Å². The van der Waals surface area contributed by atoms with Crippen LogP contribution in [0.3, 0.4) is 0 Å². The quantitative estimate of drug-likeness (QED) is 0.796. The van der Waals surface area contributed by atoms with Crippen LogP contribution < -0.4 is 10.6 Å². The van der Waals surface area contributed by atoms with Crippen LogP contribution in [0.25, 0.3) is 6.08 Å². The summed E-state index contributed by atoms with van der Waals surface area (Å²) < 4.78 is 5.34. The Morgan fingerprint density at radius 3 is 2.63 bits per heavy atom. The summed E-state index contributed by atoms with van der Waals surface area (Å²) >= 11 is 0. The van der Waals surface area contributed by atoms with E-state index >= 15 is 0 Å². The van der Waals surface area contributed by atoms with Crippen LogP contribution in [0.1, 0.15) is 47.4 Å². The van der Waals surface area contributed by atoms with Gasteiger partial charge in [-0.2, -0.15) is 0 Å². The molecule has 0 saturated heterocycles. The van der Waals surface area contributed by atoms with Crippen molar-refractivity contribution in [2.45, 2.75) is 38.6 Å². The third-order valence-corrected chi connectivity index (χ3v) is 5.77. The number of aryl methyl sites for hydroxylation is 1. The van der Waals surface area contributed by atoms with Gasteiger partial charge in [0.05, 0.1) is 6.26 Å². The third kappa shape index (κ3) is 3.82. The van der Waals surface area contributed by atoms with Crippen molar-refractivity contribution in [3.05, 3.63) is 65.2 Å². The van der Waals surface area contributed by atoms with Crippen molar-refractivity contribution in [3.8, 4) is 0 Å². The second-order valence-corrected chi connectivity index (χ2v) is 7.60. The number of hydrogen-bond donors (Lipinski definition) is 2. The molecule has 3 atom stereocenters. The Morgan fingerprint density at radius 2 is 1.96 bits per heavy atom. The van der Waals surface area contributed by atoms with Crippen molar-refractivity contribution < 1.29 is 14.0 Å². The molecule has 2 aromatic rings. The van der Waals surface area contributed by atoms with Gasteiger partial charge in [-0.3, -0.25) is 9.59 Å². The summed E-state index contributed by atoms with van der Waals surface area (Å²) in [5, 5.41) is 5.91. The van der Waals surface area contributed by atoms with Crippen molar-refractivity contribution in [2.75, 3.05) is 0 Å². The molecule has 2 aliphatic carbocycles. The molecule has 0 aliphatic heterocycles. The first-order valence-corrected chi connectivity index (χ1v) is 9.53. The second kappa shape index (κ2) is 7.43. The molecule has 1 heterocycles. The third-order valence-electron chi connectivity index (χ3n) is 5.77. The topological polar surface area (TPSA) is 71.3 Å². The molecule has 27 heavy (non-hydrogen) atoms. The molecule has 0 unspecified atom stereocenters. The maximum atomic E-state index is 12.9. The van der Waals surface area contributed by atoms with E-state index < -0.39 is 0 Å². The van der Waals surface area contributed by atoms with Crippen molar-refractivity contribution in [1.82, 2.24) is 10.6 Å². The summed E-state index contributed by atoms with van der Waals surface area (Å²) in [7, 11) is 0. The number of hydrogen-bond acceptors (Lipinski definition) is 3. The number of amides is 2. The zero-order valence-electron chi connectivity index (χ0n) is 15.4. The Balaban J connectivity index is 1.53. The minimum absolute atomic E-state index is 0.201. The summed E-state index contributed by atoms with van der Waals surface area (Å²) in [6.45, 7) is 1.88.